The van der Waals surface area contributed by atoms with Crippen LogP contribution in [-0.4, -0.2) is 10.2 Å². The van der Waals surface area contributed by atoms with Crippen LogP contribution in [0.1, 0.15) is 33.6 Å². The average molecular weight is 273 g/mol. The Hall–Kier alpha value is -0.450. The summed E-state index contributed by atoms with van der Waals surface area (Å²) in [5, 5.41) is 12.3. The van der Waals surface area contributed by atoms with Gasteiger partial charge in [0.2, 0.25) is 0 Å². The van der Waals surface area contributed by atoms with Crippen LogP contribution >= 0.6 is 34.3 Å². The van der Waals surface area contributed by atoms with Gasteiger partial charge in [0, 0.05) is 11.3 Å². The van der Waals surface area contributed by atoms with Crippen LogP contribution in [0.4, 0.5) is 0 Å². The van der Waals surface area contributed by atoms with Crippen LogP contribution in [-0.2, 0) is 12.8 Å². The van der Waals surface area contributed by atoms with Crippen LogP contribution in [0.3, 0.4) is 0 Å². The smallest absolute Gasteiger partial charge is 0.135 e. The Balaban J connectivity index is 1.81. The minimum atomic E-state index is -0.0245. The molecule has 0 N–H and O–H groups in total. The van der Waals surface area contributed by atoms with Crippen LogP contribution in [0.2, 0.25) is 0 Å². The van der Waals surface area contributed by atoms with E-state index in [4.69, 9.17) is 11.6 Å². The fourth-order valence-corrected chi connectivity index (χ4v) is 3.14. The third-order valence-corrected chi connectivity index (χ3v) is 4.65. The van der Waals surface area contributed by atoms with Gasteiger partial charge in [-0.25, -0.2) is 0 Å². The minimum Gasteiger partial charge on any atom is -0.149 e. The summed E-state index contributed by atoms with van der Waals surface area (Å²) < 4.78 is 0. The van der Waals surface area contributed by atoms with E-state index in [0.29, 0.717) is 0 Å². The summed E-state index contributed by atoms with van der Waals surface area (Å²) in [5.41, 5.74) is 0. The molecule has 1 atom stereocenters. The van der Waals surface area contributed by atoms with Crippen molar-refractivity contribution in [2.24, 2.45) is 0 Å². The van der Waals surface area contributed by atoms with Gasteiger partial charge in [-0.3, -0.25) is 0 Å². The van der Waals surface area contributed by atoms with Gasteiger partial charge < -0.3 is 0 Å². The predicted octanol–water partition coefficient (Wildman–Crippen LogP) is 4.07. The van der Waals surface area contributed by atoms with Gasteiger partial charge in [-0.05, 0) is 31.2 Å². The average Bonchev–Trinajstić information content (AvgIpc) is 2.87. The molecule has 86 valence electrons. The lowest BCUT2D eigenvalue weighted by molar-refractivity contribution is 0.805. The topological polar surface area (TPSA) is 25.8 Å². The molecule has 2 aromatic heterocycles. The summed E-state index contributed by atoms with van der Waals surface area (Å²) in [6.07, 6.45) is 3.26. The Morgan fingerprint density at radius 3 is 2.88 bits per heavy atom. The summed E-state index contributed by atoms with van der Waals surface area (Å²) in [7, 11) is 0. The number of thiophene rings is 1. The van der Waals surface area contributed by atoms with Crippen molar-refractivity contribution in [3.63, 3.8) is 0 Å². The molecular weight excluding hydrogens is 260 g/mol. The molecule has 0 amide bonds. The summed E-state index contributed by atoms with van der Waals surface area (Å²) in [6, 6.07) is 4.27. The fourth-order valence-electron chi connectivity index (χ4n) is 1.40. The van der Waals surface area contributed by atoms with Crippen molar-refractivity contribution in [3.05, 3.63) is 32.4 Å². The predicted molar refractivity (Wildman–Crippen MR) is 70.5 cm³/mol. The molecule has 0 aliphatic heterocycles. The number of halogens is 1. The lowest BCUT2D eigenvalue weighted by atomic mass is 10.2. The highest BCUT2D eigenvalue weighted by Gasteiger charge is 2.08. The molecule has 0 spiro atoms. The second-order valence-corrected chi connectivity index (χ2v) is 6.36. The summed E-state index contributed by atoms with van der Waals surface area (Å²) >= 11 is 9.38. The lowest BCUT2D eigenvalue weighted by Gasteiger charge is -1.95. The third-order valence-electron chi connectivity index (χ3n) is 2.22. The molecule has 0 radical (unpaired) electrons. The Morgan fingerprint density at radius 2 is 2.25 bits per heavy atom. The first kappa shape index (κ1) is 12.0. The summed E-state index contributed by atoms with van der Waals surface area (Å²) in [5.74, 6) is 0. The number of hydrogen-bond acceptors (Lipinski definition) is 4. The Labute approximate surface area is 108 Å². The molecule has 0 saturated heterocycles. The van der Waals surface area contributed by atoms with Crippen molar-refractivity contribution in [1.82, 2.24) is 10.2 Å². The number of aryl methyl sites for hydroxylation is 2. The quantitative estimate of drug-likeness (QED) is 0.767. The maximum atomic E-state index is 5.94. The molecule has 0 aliphatic rings. The van der Waals surface area contributed by atoms with E-state index in [1.807, 2.05) is 18.3 Å². The molecule has 0 aromatic carbocycles. The molecule has 2 rings (SSSR count). The first-order valence-corrected chi connectivity index (χ1v) is 7.37. The number of rotatable bonds is 5. The first-order chi connectivity index (χ1) is 7.75. The SMILES string of the molecule is CC(Cl)c1nnc(CCCc2cccs2)s1. The number of hydrogen-bond donors (Lipinski definition) is 0. The molecule has 2 aromatic rings. The maximum Gasteiger partial charge on any atom is 0.135 e. The van der Waals surface area contributed by atoms with E-state index in [0.717, 1.165) is 29.3 Å². The van der Waals surface area contributed by atoms with Gasteiger partial charge >= 0.3 is 0 Å². The van der Waals surface area contributed by atoms with Gasteiger partial charge in [0.15, 0.2) is 0 Å². The van der Waals surface area contributed by atoms with Gasteiger partial charge in [0.1, 0.15) is 10.0 Å². The van der Waals surface area contributed by atoms with Crippen LogP contribution in [0.15, 0.2) is 17.5 Å². The highest BCUT2D eigenvalue weighted by molar-refractivity contribution is 7.11. The van der Waals surface area contributed by atoms with Crippen LogP contribution in [0.5, 0.6) is 0 Å². The van der Waals surface area contributed by atoms with Gasteiger partial charge in [-0.1, -0.05) is 17.4 Å². The molecule has 5 heteroatoms. The van der Waals surface area contributed by atoms with Crippen LogP contribution in [0.25, 0.3) is 0 Å². The summed E-state index contributed by atoms with van der Waals surface area (Å²) in [6.45, 7) is 1.93. The molecule has 0 saturated carbocycles. The van der Waals surface area contributed by atoms with Crippen molar-refractivity contribution in [2.75, 3.05) is 0 Å². The van der Waals surface area contributed by atoms with Crippen molar-refractivity contribution < 1.29 is 0 Å². The molecule has 1 unspecified atom stereocenters. The van der Waals surface area contributed by atoms with Crippen molar-refractivity contribution in [1.29, 1.82) is 0 Å². The molecular formula is C11H13ClN2S2. The monoisotopic (exact) mass is 272 g/mol. The van der Waals surface area contributed by atoms with Crippen LogP contribution in [0, 0.1) is 0 Å². The van der Waals surface area contributed by atoms with Crippen LogP contribution < -0.4 is 0 Å². The van der Waals surface area contributed by atoms with Crippen molar-refractivity contribution in [2.45, 2.75) is 31.6 Å². The maximum absolute atomic E-state index is 5.94. The van der Waals surface area contributed by atoms with Crippen molar-refractivity contribution >= 4 is 34.3 Å². The zero-order chi connectivity index (χ0) is 11.4. The zero-order valence-electron chi connectivity index (χ0n) is 9.02. The lowest BCUT2D eigenvalue weighted by Crippen LogP contribution is -1.87. The Bertz CT molecular complexity index is 423. The number of alkyl halides is 1. The van der Waals surface area contributed by atoms with E-state index in [1.165, 1.54) is 4.88 Å². The highest BCUT2D eigenvalue weighted by atomic mass is 35.5. The second-order valence-electron chi connectivity index (χ2n) is 3.58. The molecule has 0 aliphatic carbocycles. The van der Waals surface area contributed by atoms with Gasteiger partial charge in [-0.2, -0.15) is 0 Å². The Kier molecular flexibility index (Phi) is 4.32. The van der Waals surface area contributed by atoms with Crippen molar-refractivity contribution in [3.8, 4) is 0 Å². The molecule has 2 heterocycles. The minimum absolute atomic E-state index is 0.0245. The van der Waals surface area contributed by atoms with E-state index in [-0.39, 0.29) is 5.38 Å². The van der Waals surface area contributed by atoms with Gasteiger partial charge in [0.05, 0.1) is 5.38 Å². The molecule has 0 fully saturated rings. The van der Waals surface area contributed by atoms with E-state index in [1.54, 1.807) is 11.3 Å². The highest BCUT2D eigenvalue weighted by Crippen LogP contribution is 2.23. The second kappa shape index (κ2) is 5.75. The van der Waals surface area contributed by atoms with E-state index in [9.17, 15) is 0 Å². The first-order valence-electron chi connectivity index (χ1n) is 5.24. The third kappa shape index (κ3) is 3.27. The largest absolute Gasteiger partial charge is 0.149 e. The van der Waals surface area contributed by atoms with E-state index < -0.39 is 0 Å². The number of aromatic nitrogens is 2. The number of nitrogens with zero attached hydrogens (tertiary/aromatic N) is 2. The molecule has 0 bridgehead atoms. The van der Waals surface area contributed by atoms with E-state index >= 15 is 0 Å². The summed E-state index contributed by atoms with van der Waals surface area (Å²) in [4.78, 5) is 1.44. The molecule has 16 heavy (non-hydrogen) atoms. The van der Waals surface area contributed by atoms with E-state index in [2.05, 4.69) is 27.7 Å². The normalized spacial score (nSPS) is 12.9. The van der Waals surface area contributed by atoms with Gasteiger partial charge in [0.25, 0.3) is 0 Å². The molecule has 2 nitrogen and oxygen atoms in total. The standard InChI is InChI=1S/C11H13ClN2S2/c1-8(12)11-14-13-10(16-11)6-2-4-9-5-3-7-15-9/h3,5,7-8H,2,4,6H2,1H3. The van der Waals surface area contributed by atoms with Gasteiger partial charge in [-0.15, -0.1) is 33.1 Å². The zero-order valence-corrected chi connectivity index (χ0v) is 11.4. The fraction of sp³-hybridized carbons (Fsp3) is 0.455. The Morgan fingerprint density at radius 1 is 1.38 bits per heavy atom.